The predicted octanol–water partition coefficient (Wildman–Crippen LogP) is 2.77. The van der Waals surface area contributed by atoms with Gasteiger partial charge < -0.3 is 4.74 Å². The van der Waals surface area contributed by atoms with Gasteiger partial charge in [-0.05, 0) is 50.7 Å². The van der Waals surface area contributed by atoms with Crippen LogP contribution < -0.4 is 11.3 Å². The SMILES string of the molecule is Cc1ccc(C(CCC2CCCO2)NN)c(C)c1. The Morgan fingerprint density at radius 1 is 1.44 bits per heavy atom. The number of hydrogen-bond acceptors (Lipinski definition) is 3. The van der Waals surface area contributed by atoms with E-state index >= 15 is 0 Å². The molecule has 0 aromatic heterocycles. The van der Waals surface area contributed by atoms with Crippen LogP contribution in [0.2, 0.25) is 0 Å². The summed E-state index contributed by atoms with van der Waals surface area (Å²) in [7, 11) is 0. The highest BCUT2D eigenvalue weighted by Crippen LogP contribution is 2.25. The van der Waals surface area contributed by atoms with E-state index in [0.717, 1.165) is 19.4 Å². The number of aryl methyl sites for hydroxylation is 2. The molecule has 1 aliphatic heterocycles. The van der Waals surface area contributed by atoms with Crippen LogP contribution in [-0.2, 0) is 4.74 Å². The first-order valence-corrected chi connectivity index (χ1v) is 6.85. The fourth-order valence-electron chi connectivity index (χ4n) is 2.77. The molecule has 100 valence electrons. The van der Waals surface area contributed by atoms with Crippen molar-refractivity contribution >= 4 is 0 Å². The molecule has 0 spiro atoms. The first kappa shape index (κ1) is 13.5. The fourth-order valence-corrected chi connectivity index (χ4v) is 2.77. The number of benzene rings is 1. The van der Waals surface area contributed by atoms with Crippen LogP contribution in [0.1, 0.15) is 48.4 Å². The van der Waals surface area contributed by atoms with Crippen molar-refractivity contribution < 1.29 is 4.74 Å². The molecular weight excluding hydrogens is 224 g/mol. The molecule has 1 aromatic carbocycles. The lowest BCUT2D eigenvalue weighted by Gasteiger charge is -2.20. The highest BCUT2D eigenvalue weighted by atomic mass is 16.5. The summed E-state index contributed by atoms with van der Waals surface area (Å²) < 4.78 is 5.66. The number of nitrogens with two attached hydrogens (primary N) is 1. The van der Waals surface area contributed by atoms with Crippen LogP contribution in [0.25, 0.3) is 0 Å². The number of hydrazine groups is 1. The fraction of sp³-hybridized carbons (Fsp3) is 0.600. The third-order valence-electron chi connectivity index (χ3n) is 3.80. The van der Waals surface area contributed by atoms with E-state index < -0.39 is 0 Å². The van der Waals surface area contributed by atoms with Crippen LogP contribution in [-0.4, -0.2) is 12.7 Å². The second-order valence-electron chi connectivity index (χ2n) is 5.29. The van der Waals surface area contributed by atoms with Crippen LogP contribution >= 0.6 is 0 Å². The second kappa shape index (κ2) is 6.32. The Morgan fingerprint density at radius 2 is 2.28 bits per heavy atom. The lowest BCUT2D eigenvalue weighted by molar-refractivity contribution is 0.0996. The standard InChI is InChI=1S/C15H24N2O/c1-11-5-7-14(12(2)10-11)15(17-16)8-6-13-4-3-9-18-13/h5,7,10,13,15,17H,3-4,6,8-9,16H2,1-2H3. The molecule has 0 saturated carbocycles. The molecule has 1 aromatic rings. The van der Waals surface area contributed by atoms with E-state index in [9.17, 15) is 0 Å². The van der Waals surface area contributed by atoms with Gasteiger partial charge in [0.1, 0.15) is 0 Å². The number of ether oxygens (including phenoxy) is 1. The summed E-state index contributed by atoms with van der Waals surface area (Å²) in [6, 6.07) is 6.78. The topological polar surface area (TPSA) is 47.3 Å². The maximum absolute atomic E-state index is 5.71. The Morgan fingerprint density at radius 3 is 2.89 bits per heavy atom. The van der Waals surface area contributed by atoms with Gasteiger partial charge in [0.15, 0.2) is 0 Å². The molecule has 0 aliphatic carbocycles. The smallest absolute Gasteiger partial charge is 0.0576 e. The quantitative estimate of drug-likeness (QED) is 0.622. The average Bonchev–Trinajstić information content (AvgIpc) is 2.85. The Balaban J connectivity index is 1.98. The van der Waals surface area contributed by atoms with E-state index in [1.807, 2.05) is 0 Å². The maximum Gasteiger partial charge on any atom is 0.0576 e. The monoisotopic (exact) mass is 248 g/mol. The van der Waals surface area contributed by atoms with E-state index in [-0.39, 0.29) is 6.04 Å². The molecule has 1 saturated heterocycles. The van der Waals surface area contributed by atoms with E-state index in [2.05, 4.69) is 37.5 Å². The normalized spacial score (nSPS) is 21.2. The van der Waals surface area contributed by atoms with Crippen LogP contribution in [0.3, 0.4) is 0 Å². The van der Waals surface area contributed by atoms with E-state index in [0.29, 0.717) is 6.10 Å². The molecule has 3 heteroatoms. The van der Waals surface area contributed by atoms with E-state index in [1.165, 1.54) is 29.5 Å². The Bertz CT molecular complexity index is 386. The van der Waals surface area contributed by atoms with Gasteiger partial charge in [0.25, 0.3) is 0 Å². The number of hydrogen-bond donors (Lipinski definition) is 2. The van der Waals surface area contributed by atoms with Gasteiger partial charge in [0.05, 0.1) is 6.10 Å². The Labute approximate surface area is 110 Å². The molecule has 1 heterocycles. The van der Waals surface area contributed by atoms with Gasteiger partial charge in [-0.15, -0.1) is 0 Å². The highest BCUT2D eigenvalue weighted by Gasteiger charge is 2.19. The molecule has 2 rings (SSSR count). The molecule has 0 radical (unpaired) electrons. The summed E-state index contributed by atoms with van der Waals surface area (Å²) in [4.78, 5) is 0. The molecule has 1 aliphatic rings. The van der Waals surface area contributed by atoms with Crippen LogP contribution in [0.15, 0.2) is 18.2 Å². The van der Waals surface area contributed by atoms with Gasteiger partial charge in [-0.25, -0.2) is 0 Å². The van der Waals surface area contributed by atoms with Gasteiger partial charge >= 0.3 is 0 Å². The lowest BCUT2D eigenvalue weighted by Crippen LogP contribution is -2.29. The van der Waals surface area contributed by atoms with Crippen molar-refractivity contribution in [2.45, 2.75) is 51.7 Å². The van der Waals surface area contributed by atoms with Crippen LogP contribution in [0.5, 0.6) is 0 Å². The number of nitrogens with one attached hydrogen (secondary N) is 1. The van der Waals surface area contributed by atoms with Crippen molar-refractivity contribution in [3.8, 4) is 0 Å². The molecule has 3 nitrogen and oxygen atoms in total. The first-order chi connectivity index (χ1) is 8.70. The van der Waals surface area contributed by atoms with Crippen LogP contribution in [0.4, 0.5) is 0 Å². The molecule has 18 heavy (non-hydrogen) atoms. The van der Waals surface area contributed by atoms with Crippen LogP contribution in [0, 0.1) is 13.8 Å². The molecule has 1 fully saturated rings. The molecule has 0 bridgehead atoms. The summed E-state index contributed by atoms with van der Waals surface area (Å²) in [5, 5.41) is 0. The summed E-state index contributed by atoms with van der Waals surface area (Å²) >= 11 is 0. The van der Waals surface area contributed by atoms with Gasteiger partial charge in [-0.3, -0.25) is 11.3 Å². The minimum atomic E-state index is 0.231. The maximum atomic E-state index is 5.71. The second-order valence-corrected chi connectivity index (χ2v) is 5.29. The molecule has 0 amide bonds. The largest absolute Gasteiger partial charge is 0.378 e. The average molecular weight is 248 g/mol. The molecular formula is C15H24N2O. The first-order valence-electron chi connectivity index (χ1n) is 6.85. The molecule has 2 unspecified atom stereocenters. The van der Waals surface area contributed by atoms with Crippen molar-refractivity contribution in [2.75, 3.05) is 6.61 Å². The van der Waals surface area contributed by atoms with Crippen molar-refractivity contribution in [2.24, 2.45) is 5.84 Å². The summed E-state index contributed by atoms with van der Waals surface area (Å²) in [6.45, 7) is 5.20. The van der Waals surface area contributed by atoms with Gasteiger partial charge in [0, 0.05) is 12.6 Å². The molecule has 3 N–H and O–H groups in total. The Hall–Kier alpha value is -0.900. The summed E-state index contributed by atoms with van der Waals surface area (Å²) in [5.74, 6) is 5.71. The highest BCUT2D eigenvalue weighted by molar-refractivity contribution is 5.32. The van der Waals surface area contributed by atoms with Crippen molar-refractivity contribution in [1.29, 1.82) is 0 Å². The van der Waals surface area contributed by atoms with E-state index in [4.69, 9.17) is 10.6 Å². The predicted molar refractivity (Wildman–Crippen MR) is 74.2 cm³/mol. The third-order valence-corrected chi connectivity index (χ3v) is 3.80. The van der Waals surface area contributed by atoms with E-state index in [1.54, 1.807) is 0 Å². The lowest BCUT2D eigenvalue weighted by atomic mass is 9.95. The zero-order chi connectivity index (χ0) is 13.0. The Kier molecular flexibility index (Phi) is 4.75. The summed E-state index contributed by atoms with van der Waals surface area (Å²) in [5.41, 5.74) is 6.86. The van der Waals surface area contributed by atoms with Crippen molar-refractivity contribution in [3.05, 3.63) is 34.9 Å². The van der Waals surface area contributed by atoms with Gasteiger partial charge in [-0.1, -0.05) is 23.8 Å². The van der Waals surface area contributed by atoms with Crippen molar-refractivity contribution in [3.63, 3.8) is 0 Å². The minimum Gasteiger partial charge on any atom is -0.378 e. The number of rotatable bonds is 5. The van der Waals surface area contributed by atoms with Gasteiger partial charge in [0.2, 0.25) is 0 Å². The minimum absolute atomic E-state index is 0.231. The van der Waals surface area contributed by atoms with Crippen molar-refractivity contribution in [1.82, 2.24) is 5.43 Å². The summed E-state index contributed by atoms with van der Waals surface area (Å²) in [6.07, 6.45) is 4.96. The zero-order valence-corrected chi connectivity index (χ0v) is 11.4. The third kappa shape index (κ3) is 3.31. The van der Waals surface area contributed by atoms with Gasteiger partial charge in [-0.2, -0.15) is 0 Å². The molecule has 2 atom stereocenters. The zero-order valence-electron chi connectivity index (χ0n) is 11.4.